The lowest BCUT2D eigenvalue weighted by molar-refractivity contribution is 0.100. The number of nitrogens with zero attached hydrogens (tertiary/aromatic N) is 4. The molecule has 0 radical (unpaired) electrons. The summed E-state index contributed by atoms with van der Waals surface area (Å²) in [7, 11) is 3.36. The fraction of sp³-hybridized carbons (Fsp3) is 0.409. The van der Waals surface area contributed by atoms with Crippen LogP contribution < -0.4 is 33.0 Å². The van der Waals surface area contributed by atoms with Crippen LogP contribution in [0.15, 0.2) is 24.4 Å². The standard InChI is InChI=1S/C16H21N9O2.C6H12/c1-20-13-5-12(23-16-9(15(18)27)6-21-25(13)16)22-10-3-8(7-26)4-11(14(10)17)24(2)19;1-2-4-6-5-3-1/h3-6,20,26H,7,17,19H2,1-2H3,(H2,18,27)(H,22,23);1-6H2. The molecule has 1 aliphatic carbocycles. The molecule has 1 amide bonds. The van der Waals surface area contributed by atoms with Crippen LogP contribution in [0.2, 0.25) is 0 Å². The van der Waals surface area contributed by atoms with E-state index in [2.05, 4.69) is 20.7 Å². The van der Waals surface area contributed by atoms with Gasteiger partial charge in [-0.3, -0.25) is 4.79 Å². The number of hydrogen-bond donors (Lipinski definition) is 6. The molecule has 33 heavy (non-hydrogen) atoms. The van der Waals surface area contributed by atoms with Gasteiger partial charge in [-0.05, 0) is 17.7 Å². The van der Waals surface area contributed by atoms with Crippen molar-refractivity contribution < 1.29 is 9.90 Å². The van der Waals surface area contributed by atoms with E-state index in [0.29, 0.717) is 39.9 Å². The molecule has 1 fully saturated rings. The first-order valence-electron chi connectivity index (χ1n) is 11.0. The van der Waals surface area contributed by atoms with Gasteiger partial charge in [0.1, 0.15) is 17.2 Å². The van der Waals surface area contributed by atoms with Crippen LogP contribution in [-0.2, 0) is 6.61 Å². The number of anilines is 5. The first-order chi connectivity index (χ1) is 15.8. The van der Waals surface area contributed by atoms with Crippen molar-refractivity contribution in [3.63, 3.8) is 0 Å². The number of rotatable bonds is 6. The molecule has 0 aliphatic heterocycles. The molecule has 0 unspecified atom stereocenters. The van der Waals surface area contributed by atoms with Crippen molar-refractivity contribution in [1.29, 1.82) is 0 Å². The SMILES string of the molecule is C1CCCCC1.CNc1cc(Nc2cc(CO)cc(N(C)N)c2N)nc2c(C(N)=O)cnn12. The predicted octanol–water partition coefficient (Wildman–Crippen LogP) is 2.34. The Hall–Kier alpha value is -3.57. The van der Waals surface area contributed by atoms with E-state index in [1.807, 2.05) is 0 Å². The fourth-order valence-corrected chi connectivity index (χ4v) is 3.76. The number of carbonyl (C=O) groups excluding carboxylic acids is 1. The topological polar surface area (TPSA) is 173 Å². The van der Waals surface area contributed by atoms with E-state index < -0.39 is 5.91 Å². The average molecular weight is 456 g/mol. The maximum Gasteiger partial charge on any atom is 0.254 e. The molecule has 9 N–H and O–H groups in total. The van der Waals surface area contributed by atoms with Gasteiger partial charge < -0.3 is 32.2 Å². The second-order valence-corrected chi connectivity index (χ2v) is 8.03. The second kappa shape index (κ2) is 10.8. The summed E-state index contributed by atoms with van der Waals surface area (Å²) in [5.41, 5.74) is 14.1. The molecule has 178 valence electrons. The van der Waals surface area contributed by atoms with Gasteiger partial charge in [-0.2, -0.15) is 9.61 Å². The molecule has 3 aromatic rings. The van der Waals surface area contributed by atoms with Crippen LogP contribution >= 0.6 is 0 Å². The van der Waals surface area contributed by atoms with E-state index in [4.69, 9.17) is 17.3 Å². The van der Waals surface area contributed by atoms with Crippen LogP contribution in [0, 0.1) is 0 Å². The fourth-order valence-electron chi connectivity index (χ4n) is 3.76. The van der Waals surface area contributed by atoms with Crippen LogP contribution in [0.3, 0.4) is 0 Å². The summed E-state index contributed by atoms with van der Waals surface area (Å²) in [6, 6.07) is 5.08. The third kappa shape index (κ3) is 5.62. The number of hydrogen-bond acceptors (Lipinski definition) is 9. The summed E-state index contributed by atoms with van der Waals surface area (Å²) in [6.07, 6.45) is 10.4. The van der Waals surface area contributed by atoms with Gasteiger partial charge in [0.2, 0.25) is 0 Å². The van der Waals surface area contributed by atoms with E-state index in [-0.39, 0.29) is 12.2 Å². The zero-order chi connectivity index (χ0) is 24.0. The number of aliphatic hydroxyl groups excluding tert-OH is 1. The van der Waals surface area contributed by atoms with Gasteiger partial charge >= 0.3 is 0 Å². The summed E-state index contributed by atoms with van der Waals surface area (Å²) in [6.45, 7) is -0.182. The van der Waals surface area contributed by atoms with Crippen molar-refractivity contribution in [3.05, 3.63) is 35.5 Å². The zero-order valence-electron chi connectivity index (χ0n) is 19.1. The Labute approximate surface area is 192 Å². The lowest BCUT2D eigenvalue weighted by Gasteiger charge is -2.20. The summed E-state index contributed by atoms with van der Waals surface area (Å²) >= 11 is 0. The molecule has 0 saturated heterocycles. The number of fused-ring (bicyclic) bond motifs is 1. The third-order valence-electron chi connectivity index (χ3n) is 5.54. The summed E-state index contributed by atoms with van der Waals surface area (Å²) in [4.78, 5) is 16.0. The number of aliphatic hydroxyl groups is 1. The lowest BCUT2D eigenvalue weighted by atomic mass is 10.0. The number of aromatic nitrogens is 3. The van der Waals surface area contributed by atoms with E-state index in [1.54, 1.807) is 32.3 Å². The Kier molecular flexibility index (Phi) is 7.91. The van der Waals surface area contributed by atoms with Gasteiger partial charge in [0.15, 0.2) is 5.65 Å². The van der Waals surface area contributed by atoms with E-state index in [0.717, 1.165) is 0 Å². The highest BCUT2D eigenvalue weighted by Crippen LogP contribution is 2.33. The molecule has 1 saturated carbocycles. The molecular weight excluding hydrogens is 422 g/mol. The molecular formula is C22H33N9O2. The molecule has 2 heterocycles. The predicted molar refractivity (Wildman–Crippen MR) is 131 cm³/mol. The van der Waals surface area contributed by atoms with E-state index in [1.165, 1.54) is 54.2 Å². The number of hydrazine groups is 1. The van der Waals surface area contributed by atoms with Crippen molar-refractivity contribution in [1.82, 2.24) is 14.6 Å². The minimum absolute atomic E-state index is 0.182. The van der Waals surface area contributed by atoms with Crippen molar-refractivity contribution in [2.45, 2.75) is 45.1 Å². The minimum atomic E-state index is -0.634. The number of nitrogens with two attached hydrogens (primary N) is 3. The number of carbonyl (C=O) groups is 1. The lowest BCUT2D eigenvalue weighted by Crippen LogP contribution is -2.26. The van der Waals surface area contributed by atoms with Crippen molar-refractivity contribution in [3.8, 4) is 0 Å². The number of amides is 1. The van der Waals surface area contributed by atoms with Crippen molar-refractivity contribution >= 4 is 40.3 Å². The molecule has 11 heteroatoms. The van der Waals surface area contributed by atoms with Gasteiger partial charge in [-0.25, -0.2) is 10.8 Å². The Morgan fingerprint density at radius 3 is 2.33 bits per heavy atom. The highest BCUT2D eigenvalue weighted by molar-refractivity contribution is 5.99. The Balaban J connectivity index is 0.000000442. The quantitative estimate of drug-likeness (QED) is 0.185. The number of benzene rings is 1. The van der Waals surface area contributed by atoms with Crippen LogP contribution in [0.1, 0.15) is 54.4 Å². The Bertz CT molecular complexity index is 1100. The normalized spacial score (nSPS) is 13.2. The number of nitrogen functional groups attached to an aromatic ring is 1. The minimum Gasteiger partial charge on any atom is -0.395 e. The van der Waals surface area contributed by atoms with Crippen LogP contribution in [0.4, 0.5) is 28.7 Å². The molecule has 2 aromatic heterocycles. The molecule has 4 rings (SSSR count). The van der Waals surface area contributed by atoms with Gasteiger partial charge in [0.05, 0.1) is 29.9 Å². The van der Waals surface area contributed by atoms with Gasteiger partial charge in [-0.1, -0.05) is 38.5 Å². The summed E-state index contributed by atoms with van der Waals surface area (Å²) < 4.78 is 1.47. The average Bonchev–Trinajstić information content (AvgIpc) is 3.25. The third-order valence-corrected chi connectivity index (χ3v) is 5.54. The Morgan fingerprint density at radius 2 is 1.82 bits per heavy atom. The largest absolute Gasteiger partial charge is 0.395 e. The summed E-state index contributed by atoms with van der Waals surface area (Å²) in [5.74, 6) is 6.17. The van der Waals surface area contributed by atoms with Crippen molar-refractivity contribution in [2.75, 3.05) is 35.5 Å². The molecule has 0 spiro atoms. The molecule has 0 bridgehead atoms. The van der Waals surface area contributed by atoms with E-state index in [9.17, 15) is 9.90 Å². The molecule has 1 aliphatic rings. The second-order valence-electron chi connectivity index (χ2n) is 8.03. The maximum absolute atomic E-state index is 11.6. The maximum atomic E-state index is 11.6. The van der Waals surface area contributed by atoms with Crippen LogP contribution in [-0.4, -0.2) is 39.7 Å². The van der Waals surface area contributed by atoms with Gasteiger partial charge in [0.25, 0.3) is 5.91 Å². The first kappa shape index (κ1) is 24.1. The number of nitrogens with one attached hydrogen (secondary N) is 2. The van der Waals surface area contributed by atoms with Crippen LogP contribution in [0.5, 0.6) is 0 Å². The zero-order valence-corrected chi connectivity index (χ0v) is 19.1. The van der Waals surface area contributed by atoms with E-state index >= 15 is 0 Å². The monoisotopic (exact) mass is 455 g/mol. The number of primary amides is 1. The molecule has 11 nitrogen and oxygen atoms in total. The molecule has 1 aromatic carbocycles. The highest BCUT2D eigenvalue weighted by Gasteiger charge is 2.16. The van der Waals surface area contributed by atoms with Crippen molar-refractivity contribution in [2.24, 2.45) is 11.6 Å². The van der Waals surface area contributed by atoms with Gasteiger partial charge in [-0.15, -0.1) is 0 Å². The first-order valence-corrected chi connectivity index (χ1v) is 11.0. The summed E-state index contributed by atoms with van der Waals surface area (Å²) in [5, 5.41) is 21.1. The smallest absolute Gasteiger partial charge is 0.254 e. The molecule has 0 atom stereocenters. The highest BCUT2D eigenvalue weighted by atomic mass is 16.3. The van der Waals surface area contributed by atoms with Gasteiger partial charge in [0, 0.05) is 20.2 Å². The Morgan fingerprint density at radius 1 is 1.18 bits per heavy atom. The van der Waals surface area contributed by atoms with Crippen LogP contribution in [0.25, 0.3) is 5.65 Å².